The minimum Gasteiger partial charge on any atom is -0.389 e. The molecule has 198 valence electrons. The number of aromatic nitrogens is 2. The Hall–Kier alpha value is -3.58. The number of halogens is 5. The summed E-state index contributed by atoms with van der Waals surface area (Å²) in [5, 5.41) is 21.2. The monoisotopic (exact) mass is 526 g/mol. The van der Waals surface area contributed by atoms with Gasteiger partial charge in [-0.05, 0) is 24.6 Å². The van der Waals surface area contributed by atoms with Gasteiger partial charge < -0.3 is 20.4 Å². The van der Waals surface area contributed by atoms with E-state index >= 15 is 4.39 Å². The van der Waals surface area contributed by atoms with Gasteiger partial charge in [0.1, 0.15) is 22.9 Å². The predicted octanol–water partition coefficient (Wildman–Crippen LogP) is 2.51. The summed E-state index contributed by atoms with van der Waals surface area (Å²) < 4.78 is 73.1. The fourth-order valence-corrected chi connectivity index (χ4v) is 4.25. The third kappa shape index (κ3) is 4.88. The third-order valence-electron chi connectivity index (χ3n) is 6.22. The van der Waals surface area contributed by atoms with E-state index in [1.54, 1.807) is 0 Å². The number of para-hydroxylation sites is 1. The molecular weight excluding hydrogens is 503 g/mol. The lowest BCUT2D eigenvalue weighted by Gasteiger charge is -2.24. The van der Waals surface area contributed by atoms with Crippen molar-refractivity contribution in [2.75, 3.05) is 18.0 Å². The molecule has 1 aliphatic rings. The van der Waals surface area contributed by atoms with E-state index in [9.17, 15) is 37.4 Å². The van der Waals surface area contributed by atoms with E-state index in [0.717, 1.165) is 29.0 Å². The molecule has 1 amide bonds. The lowest BCUT2D eigenvalue weighted by molar-refractivity contribution is -0.0179. The van der Waals surface area contributed by atoms with Crippen LogP contribution in [-0.4, -0.2) is 62.9 Å². The number of alkyl halides is 2. The molecule has 3 heterocycles. The Bertz CT molecular complexity index is 1390. The van der Waals surface area contributed by atoms with E-state index in [4.69, 9.17) is 0 Å². The largest absolute Gasteiger partial charge is 0.389 e. The Morgan fingerprint density at radius 2 is 1.76 bits per heavy atom. The van der Waals surface area contributed by atoms with Crippen molar-refractivity contribution < 1.29 is 37.0 Å². The number of rotatable bonds is 6. The number of nitrogens with zero attached hydrogens (tertiary/aromatic N) is 3. The van der Waals surface area contributed by atoms with Gasteiger partial charge in [-0.1, -0.05) is 13.0 Å². The molecular formula is C24H23F5N4O4. The Morgan fingerprint density at radius 1 is 1.16 bits per heavy atom. The summed E-state index contributed by atoms with van der Waals surface area (Å²) in [6, 6.07) is 1.94. The number of nitrogens with one attached hydrogen (secondary N) is 1. The molecule has 0 radical (unpaired) electrons. The van der Waals surface area contributed by atoms with Crippen LogP contribution in [0.2, 0.25) is 0 Å². The lowest BCUT2D eigenvalue weighted by Crippen LogP contribution is -2.46. The van der Waals surface area contributed by atoms with Crippen LogP contribution in [0.5, 0.6) is 0 Å². The smallest absolute Gasteiger partial charge is 0.265 e. The number of carbonyl (C=O) groups is 1. The molecule has 0 saturated carbocycles. The van der Waals surface area contributed by atoms with E-state index < -0.39 is 81.1 Å². The van der Waals surface area contributed by atoms with E-state index in [2.05, 4.69) is 4.98 Å². The van der Waals surface area contributed by atoms with Crippen LogP contribution in [0, 0.1) is 17.5 Å². The maximum atomic E-state index is 15.1. The molecule has 3 atom stereocenters. The van der Waals surface area contributed by atoms with Crippen molar-refractivity contribution in [3.63, 3.8) is 0 Å². The number of aliphatic hydroxyl groups excluding tert-OH is 2. The standard InChI is InChI=1S/C24H23F5N4O4/c1-3-18(24(2,28)29)30-23(37)12-8-33(19-13(25)5-4-6-14(19)26)21-11(20(12)36)7-15(27)22(31-21)32-9-16(34)17(35)10-32/h4-8,16-18,34-35H,3,9-10H2,1-2H3,(H,30,37)/t16-,17-,18?/m1/s1. The van der Waals surface area contributed by atoms with Crippen LogP contribution in [0.15, 0.2) is 35.3 Å². The average Bonchev–Trinajstić information content (AvgIpc) is 3.15. The number of carbonyl (C=O) groups excluding carboxylic acids is 1. The highest BCUT2D eigenvalue weighted by atomic mass is 19.3. The topological polar surface area (TPSA) is 108 Å². The minimum absolute atomic E-state index is 0.188. The molecule has 1 saturated heterocycles. The number of hydrogen-bond donors (Lipinski definition) is 3. The molecule has 2 aromatic heterocycles. The van der Waals surface area contributed by atoms with Crippen molar-refractivity contribution in [2.24, 2.45) is 0 Å². The molecule has 37 heavy (non-hydrogen) atoms. The second-order valence-electron chi connectivity index (χ2n) is 8.91. The van der Waals surface area contributed by atoms with Crippen molar-refractivity contribution in [1.82, 2.24) is 14.9 Å². The average molecular weight is 526 g/mol. The molecule has 0 spiro atoms. The zero-order chi connectivity index (χ0) is 27.2. The summed E-state index contributed by atoms with van der Waals surface area (Å²) in [4.78, 5) is 31.3. The summed E-state index contributed by atoms with van der Waals surface area (Å²) in [6.45, 7) is 1.56. The molecule has 3 N–H and O–H groups in total. The van der Waals surface area contributed by atoms with Gasteiger partial charge in [0.2, 0.25) is 5.43 Å². The van der Waals surface area contributed by atoms with E-state index in [0.29, 0.717) is 13.0 Å². The van der Waals surface area contributed by atoms with Crippen molar-refractivity contribution in [1.29, 1.82) is 0 Å². The van der Waals surface area contributed by atoms with Gasteiger partial charge in [0.25, 0.3) is 11.8 Å². The van der Waals surface area contributed by atoms with Gasteiger partial charge in [-0.3, -0.25) is 14.2 Å². The maximum Gasteiger partial charge on any atom is 0.265 e. The fraction of sp³-hybridized carbons (Fsp3) is 0.375. The van der Waals surface area contributed by atoms with Gasteiger partial charge in [-0.2, -0.15) is 0 Å². The lowest BCUT2D eigenvalue weighted by atomic mass is 10.1. The van der Waals surface area contributed by atoms with E-state index in [1.165, 1.54) is 11.8 Å². The number of aliphatic hydroxyl groups is 2. The zero-order valence-electron chi connectivity index (χ0n) is 19.7. The SMILES string of the molecule is CCC(NC(=O)c1cn(-c2c(F)cccc2F)c2nc(N3C[C@@H](O)[C@H](O)C3)c(F)cc2c1=O)C(C)(F)F. The van der Waals surface area contributed by atoms with Crippen molar-refractivity contribution in [3.05, 3.63) is 63.7 Å². The zero-order valence-corrected chi connectivity index (χ0v) is 19.7. The molecule has 1 unspecified atom stereocenters. The van der Waals surface area contributed by atoms with Gasteiger partial charge >= 0.3 is 0 Å². The van der Waals surface area contributed by atoms with Crippen LogP contribution < -0.4 is 15.6 Å². The predicted molar refractivity (Wildman–Crippen MR) is 124 cm³/mol. The highest BCUT2D eigenvalue weighted by molar-refractivity contribution is 5.97. The molecule has 4 rings (SSSR count). The molecule has 0 aliphatic carbocycles. The first kappa shape index (κ1) is 26.5. The van der Waals surface area contributed by atoms with Crippen molar-refractivity contribution in [2.45, 2.75) is 44.4 Å². The van der Waals surface area contributed by atoms with Crippen LogP contribution in [0.3, 0.4) is 0 Å². The second-order valence-corrected chi connectivity index (χ2v) is 8.91. The summed E-state index contributed by atoms with van der Waals surface area (Å²) in [5.74, 6) is -8.30. The number of pyridine rings is 2. The first-order valence-corrected chi connectivity index (χ1v) is 11.3. The Labute approximate surface area is 207 Å². The summed E-state index contributed by atoms with van der Waals surface area (Å²) in [6.07, 6.45) is -1.86. The van der Waals surface area contributed by atoms with Crippen LogP contribution >= 0.6 is 0 Å². The van der Waals surface area contributed by atoms with Crippen LogP contribution in [0.1, 0.15) is 30.6 Å². The highest BCUT2D eigenvalue weighted by Gasteiger charge is 2.35. The molecule has 1 aromatic carbocycles. The number of fused-ring (bicyclic) bond motifs is 1. The van der Waals surface area contributed by atoms with Gasteiger partial charge in [-0.25, -0.2) is 26.9 Å². The number of benzene rings is 1. The minimum atomic E-state index is -3.34. The molecule has 13 heteroatoms. The highest BCUT2D eigenvalue weighted by Crippen LogP contribution is 2.28. The van der Waals surface area contributed by atoms with Gasteiger partial charge in [-0.15, -0.1) is 0 Å². The van der Waals surface area contributed by atoms with Crippen molar-refractivity contribution >= 4 is 22.8 Å². The Morgan fingerprint density at radius 3 is 2.30 bits per heavy atom. The summed E-state index contributed by atoms with van der Waals surface area (Å²) in [5.41, 5.74) is -3.06. The van der Waals surface area contributed by atoms with E-state index in [-0.39, 0.29) is 19.5 Å². The molecule has 3 aromatic rings. The van der Waals surface area contributed by atoms with Gasteiger partial charge in [0.15, 0.2) is 17.3 Å². The van der Waals surface area contributed by atoms with Gasteiger partial charge in [0.05, 0.1) is 23.6 Å². The normalized spacial score (nSPS) is 18.9. The molecule has 8 nitrogen and oxygen atoms in total. The Kier molecular flexibility index (Phi) is 6.95. The number of β-amino-alcohol motifs (C(OH)–C–C–N with tert-alkyl or cyclic N) is 2. The van der Waals surface area contributed by atoms with E-state index in [1.807, 2.05) is 5.32 Å². The third-order valence-corrected chi connectivity index (χ3v) is 6.22. The summed E-state index contributed by atoms with van der Waals surface area (Å²) >= 11 is 0. The first-order valence-electron chi connectivity index (χ1n) is 11.3. The van der Waals surface area contributed by atoms with Gasteiger partial charge in [0, 0.05) is 26.2 Å². The molecule has 0 bridgehead atoms. The summed E-state index contributed by atoms with van der Waals surface area (Å²) in [7, 11) is 0. The maximum absolute atomic E-state index is 15.1. The van der Waals surface area contributed by atoms with Crippen LogP contribution in [0.4, 0.5) is 27.8 Å². The number of amides is 1. The second kappa shape index (κ2) is 9.71. The van der Waals surface area contributed by atoms with Crippen molar-refractivity contribution in [3.8, 4) is 5.69 Å². The number of hydrogen-bond acceptors (Lipinski definition) is 6. The fourth-order valence-electron chi connectivity index (χ4n) is 4.25. The van der Waals surface area contributed by atoms with Crippen LogP contribution in [0.25, 0.3) is 16.7 Å². The molecule has 1 aliphatic heterocycles. The quantitative estimate of drug-likeness (QED) is 0.426. The number of anilines is 1. The molecule has 1 fully saturated rings. The Balaban J connectivity index is 1.97. The van der Waals surface area contributed by atoms with Crippen LogP contribution in [-0.2, 0) is 0 Å². The first-order chi connectivity index (χ1) is 17.3.